The molecule has 2 rings (SSSR count). The van der Waals surface area contributed by atoms with Crippen LogP contribution in [0.15, 0.2) is 18.2 Å². The molecule has 0 amide bonds. The van der Waals surface area contributed by atoms with Gasteiger partial charge in [-0.2, -0.15) is 0 Å². The van der Waals surface area contributed by atoms with Crippen LogP contribution >= 0.6 is 11.6 Å². The Balaban J connectivity index is 2.41. The zero-order valence-corrected chi connectivity index (χ0v) is 8.51. The van der Waals surface area contributed by atoms with Crippen LogP contribution in [0.1, 0.15) is 28.8 Å². The van der Waals surface area contributed by atoms with Gasteiger partial charge in [0.15, 0.2) is 5.78 Å². The average molecular weight is 211 g/mol. The largest absolute Gasteiger partial charge is 0.377 e. The molecule has 0 spiro atoms. The van der Waals surface area contributed by atoms with Crippen molar-refractivity contribution in [1.82, 2.24) is 0 Å². The Morgan fingerprint density at radius 1 is 1.36 bits per heavy atom. The van der Waals surface area contributed by atoms with E-state index in [9.17, 15) is 4.79 Å². The maximum atomic E-state index is 11.7. The van der Waals surface area contributed by atoms with E-state index in [1.54, 1.807) is 18.2 Å². The fourth-order valence-corrected chi connectivity index (χ4v) is 1.80. The normalized spacial score (nSPS) is 17.1. The summed E-state index contributed by atoms with van der Waals surface area (Å²) in [5.74, 6) is 0.194. The molecule has 74 valence electrons. The Hall–Kier alpha value is -0.860. The summed E-state index contributed by atoms with van der Waals surface area (Å²) in [6.07, 6.45) is 1.37. The smallest absolute Gasteiger partial charge is 0.163 e. The van der Waals surface area contributed by atoms with Gasteiger partial charge in [-0.25, -0.2) is 0 Å². The zero-order valence-electron chi connectivity index (χ0n) is 7.75. The second-order valence-corrected chi connectivity index (χ2v) is 3.82. The monoisotopic (exact) mass is 210 g/mol. The van der Waals surface area contributed by atoms with Gasteiger partial charge < -0.3 is 4.74 Å². The summed E-state index contributed by atoms with van der Waals surface area (Å²) >= 11 is 5.85. The fourth-order valence-electron chi connectivity index (χ4n) is 1.61. The molecule has 2 nitrogen and oxygen atoms in total. The van der Waals surface area contributed by atoms with E-state index in [2.05, 4.69) is 0 Å². The topological polar surface area (TPSA) is 26.3 Å². The summed E-state index contributed by atoms with van der Waals surface area (Å²) in [5.41, 5.74) is 1.66. The van der Waals surface area contributed by atoms with Crippen LogP contribution in [0.5, 0.6) is 0 Å². The van der Waals surface area contributed by atoms with Gasteiger partial charge in [0.25, 0.3) is 0 Å². The average Bonchev–Trinajstić information content (AvgIpc) is 2.14. The van der Waals surface area contributed by atoms with E-state index < -0.39 is 0 Å². The first-order chi connectivity index (χ1) is 6.77. The minimum Gasteiger partial charge on any atom is -0.377 e. The van der Waals surface area contributed by atoms with Crippen LogP contribution in [0, 0.1) is 0 Å². The SMILES string of the molecule is O=C1CCCOCc2cc(Cl)ccc21. The molecule has 0 bridgehead atoms. The number of Topliss-reactive ketones (excluding diaryl/α,β-unsaturated/α-hetero) is 1. The minimum absolute atomic E-state index is 0.194. The molecule has 3 heteroatoms. The van der Waals surface area contributed by atoms with Gasteiger partial charge in [-0.05, 0) is 30.2 Å². The molecular formula is C11H11ClO2. The number of rotatable bonds is 0. The maximum Gasteiger partial charge on any atom is 0.163 e. The van der Waals surface area contributed by atoms with Crippen molar-refractivity contribution < 1.29 is 9.53 Å². The number of carbonyl (C=O) groups is 1. The van der Waals surface area contributed by atoms with Crippen molar-refractivity contribution in [2.24, 2.45) is 0 Å². The number of halogens is 1. The lowest BCUT2D eigenvalue weighted by Gasteiger charge is -2.13. The molecule has 1 aromatic carbocycles. The van der Waals surface area contributed by atoms with Crippen LogP contribution in [0.3, 0.4) is 0 Å². The van der Waals surface area contributed by atoms with Crippen LogP contribution in [0.25, 0.3) is 0 Å². The molecule has 0 radical (unpaired) electrons. The van der Waals surface area contributed by atoms with Gasteiger partial charge in [0.05, 0.1) is 6.61 Å². The second-order valence-electron chi connectivity index (χ2n) is 3.38. The predicted molar refractivity (Wildman–Crippen MR) is 54.7 cm³/mol. The van der Waals surface area contributed by atoms with Gasteiger partial charge in [0, 0.05) is 23.6 Å². The number of ketones is 1. The standard InChI is InChI=1S/C11H11ClO2/c12-9-3-4-10-8(6-9)7-14-5-1-2-11(10)13/h3-4,6H,1-2,5,7H2. The number of hydrogen-bond donors (Lipinski definition) is 0. The third-order valence-electron chi connectivity index (χ3n) is 2.32. The van der Waals surface area contributed by atoms with Crippen molar-refractivity contribution in [1.29, 1.82) is 0 Å². The second kappa shape index (κ2) is 4.11. The third-order valence-corrected chi connectivity index (χ3v) is 2.55. The van der Waals surface area contributed by atoms with E-state index in [1.165, 1.54) is 0 Å². The third kappa shape index (κ3) is 1.97. The number of hydrogen-bond acceptors (Lipinski definition) is 2. The van der Waals surface area contributed by atoms with Crippen molar-refractivity contribution in [3.8, 4) is 0 Å². The highest BCUT2D eigenvalue weighted by atomic mass is 35.5. The summed E-state index contributed by atoms with van der Waals surface area (Å²) in [5, 5.41) is 0.653. The van der Waals surface area contributed by atoms with Crippen molar-refractivity contribution >= 4 is 17.4 Å². The van der Waals surface area contributed by atoms with E-state index in [0.717, 1.165) is 17.5 Å². The molecule has 0 N–H and O–H groups in total. The molecule has 0 atom stereocenters. The number of fused-ring (bicyclic) bond motifs is 1. The highest BCUT2D eigenvalue weighted by Crippen LogP contribution is 2.20. The van der Waals surface area contributed by atoms with E-state index in [0.29, 0.717) is 24.7 Å². The lowest BCUT2D eigenvalue weighted by atomic mass is 10.0. The lowest BCUT2D eigenvalue weighted by Crippen LogP contribution is -2.10. The molecule has 0 saturated carbocycles. The summed E-state index contributed by atoms with van der Waals surface area (Å²) in [7, 11) is 0. The van der Waals surface area contributed by atoms with Crippen LogP contribution in [-0.2, 0) is 11.3 Å². The molecule has 1 aromatic rings. The number of benzene rings is 1. The van der Waals surface area contributed by atoms with Gasteiger partial charge in [-0.3, -0.25) is 4.79 Å². The lowest BCUT2D eigenvalue weighted by molar-refractivity contribution is 0.0870. The molecular weight excluding hydrogens is 200 g/mol. The molecule has 0 fully saturated rings. The van der Waals surface area contributed by atoms with Gasteiger partial charge in [-0.15, -0.1) is 0 Å². The van der Waals surface area contributed by atoms with E-state index in [4.69, 9.17) is 16.3 Å². The molecule has 0 aliphatic carbocycles. The van der Waals surface area contributed by atoms with Gasteiger partial charge >= 0.3 is 0 Å². The Kier molecular flexibility index (Phi) is 2.85. The van der Waals surface area contributed by atoms with Crippen LogP contribution in [0.4, 0.5) is 0 Å². The maximum absolute atomic E-state index is 11.7. The number of carbonyl (C=O) groups excluding carboxylic acids is 1. The summed E-state index contributed by atoms with van der Waals surface area (Å²) in [4.78, 5) is 11.7. The Labute approximate surface area is 87.8 Å². The van der Waals surface area contributed by atoms with Gasteiger partial charge in [-0.1, -0.05) is 11.6 Å². The van der Waals surface area contributed by atoms with Crippen molar-refractivity contribution in [3.05, 3.63) is 34.3 Å². The molecule has 0 aromatic heterocycles. The Morgan fingerprint density at radius 2 is 2.21 bits per heavy atom. The predicted octanol–water partition coefficient (Wildman–Crippen LogP) is 2.83. The zero-order chi connectivity index (χ0) is 9.97. The quantitative estimate of drug-likeness (QED) is 0.658. The van der Waals surface area contributed by atoms with Crippen molar-refractivity contribution in [2.75, 3.05) is 6.61 Å². The summed E-state index contributed by atoms with van der Waals surface area (Å²) in [6.45, 7) is 1.14. The van der Waals surface area contributed by atoms with Crippen LogP contribution in [-0.4, -0.2) is 12.4 Å². The first-order valence-corrected chi connectivity index (χ1v) is 5.04. The first kappa shape index (κ1) is 9.69. The van der Waals surface area contributed by atoms with E-state index in [1.807, 2.05) is 0 Å². The molecule has 1 aliphatic heterocycles. The van der Waals surface area contributed by atoms with E-state index >= 15 is 0 Å². The molecule has 1 heterocycles. The van der Waals surface area contributed by atoms with Crippen molar-refractivity contribution in [3.63, 3.8) is 0 Å². The minimum atomic E-state index is 0.194. The highest BCUT2D eigenvalue weighted by molar-refractivity contribution is 6.30. The van der Waals surface area contributed by atoms with Crippen LogP contribution in [0.2, 0.25) is 5.02 Å². The molecule has 1 aliphatic rings. The molecule has 0 saturated heterocycles. The van der Waals surface area contributed by atoms with Crippen molar-refractivity contribution in [2.45, 2.75) is 19.4 Å². The highest BCUT2D eigenvalue weighted by Gasteiger charge is 2.14. The molecule has 14 heavy (non-hydrogen) atoms. The first-order valence-electron chi connectivity index (χ1n) is 4.67. The molecule has 0 unspecified atom stereocenters. The van der Waals surface area contributed by atoms with E-state index in [-0.39, 0.29) is 5.78 Å². The Bertz CT molecular complexity index is 360. The Morgan fingerprint density at radius 3 is 3.07 bits per heavy atom. The summed E-state index contributed by atoms with van der Waals surface area (Å²) in [6, 6.07) is 5.34. The van der Waals surface area contributed by atoms with Gasteiger partial charge in [0.2, 0.25) is 0 Å². The number of ether oxygens (including phenoxy) is 1. The summed E-state index contributed by atoms with van der Waals surface area (Å²) < 4.78 is 5.39. The fraction of sp³-hybridized carbons (Fsp3) is 0.364. The van der Waals surface area contributed by atoms with Crippen LogP contribution < -0.4 is 0 Å². The van der Waals surface area contributed by atoms with Gasteiger partial charge in [0.1, 0.15) is 0 Å².